The average Bonchev–Trinajstić information content (AvgIpc) is 3.21. The van der Waals surface area contributed by atoms with E-state index >= 15 is 0 Å². The minimum atomic E-state index is -3.30. The van der Waals surface area contributed by atoms with Crippen LogP contribution in [0.4, 0.5) is 5.69 Å². The molecule has 0 radical (unpaired) electrons. The second-order valence-corrected chi connectivity index (χ2v) is 9.54. The van der Waals surface area contributed by atoms with Crippen LogP contribution in [0.15, 0.2) is 24.3 Å². The summed E-state index contributed by atoms with van der Waals surface area (Å²) in [5.74, 6) is 1.92. The Labute approximate surface area is 156 Å². The Morgan fingerprint density at radius 2 is 1.96 bits per heavy atom. The Balaban J connectivity index is 1.60. The second kappa shape index (κ2) is 7.47. The van der Waals surface area contributed by atoms with Crippen molar-refractivity contribution < 1.29 is 17.9 Å². The van der Waals surface area contributed by atoms with Crippen molar-refractivity contribution in [2.24, 2.45) is 11.8 Å². The zero-order valence-corrected chi connectivity index (χ0v) is 16.5. The molecule has 1 N–H and O–H groups in total. The third-order valence-electron chi connectivity index (χ3n) is 5.71. The number of rotatable bonds is 7. The van der Waals surface area contributed by atoms with E-state index < -0.39 is 16.1 Å². The first kappa shape index (κ1) is 19.0. The average molecular weight is 381 g/mol. The van der Waals surface area contributed by atoms with Gasteiger partial charge >= 0.3 is 0 Å². The van der Waals surface area contributed by atoms with Crippen LogP contribution in [0, 0.1) is 11.8 Å². The molecule has 4 atom stereocenters. The molecule has 144 valence electrons. The molecule has 0 heterocycles. The lowest BCUT2D eigenvalue weighted by Gasteiger charge is -2.26. The van der Waals surface area contributed by atoms with Crippen LogP contribution in [-0.4, -0.2) is 39.8 Å². The van der Waals surface area contributed by atoms with Crippen molar-refractivity contribution in [2.45, 2.75) is 51.2 Å². The van der Waals surface area contributed by atoms with Gasteiger partial charge in [0.05, 0.1) is 11.9 Å². The quantitative estimate of drug-likeness (QED) is 0.789. The fraction of sp³-hybridized carbons (Fsp3) is 0.632. The highest BCUT2D eigenvalue weighted by atomic mass is 32.2. The molecule has 2 aliphatic rings. The van der Waals surface area contributed by atoms with Crippen LogP contribution in [0.1, 0.15) is 39.0 Å². The number of nitrogens with zero attached hydrogens (tertiary/aromatic N) is 1. The van der Waals surface area contributed by atoms with E-state index in [1.54, 1.807) is 24.3 Å². The van der Waals surface area contributed by atoms with E-state index in [0.29, 0.717) is 29.8 Å². The summed E-state index contributed by atoms with van der Waals surface area (Å²) in [5, 5.41) is 3.18. The Morgan fingerprint density at radius 1 is 1.27 bits per heavy atom. The maximum Gasteiger partial charge on any atom is 0.261 e. The summed E-state index contributed by atoms with van der Waals surface area (Å²) in [6.07, 6.45) is 6.08. The first-order chi connectivity index (χ1) is 12.3. The maximum atomic E-state index is 12.6. The molecule has 26 heavy (non-hydrogen) atoms. The molecule has 7 heteroatoms. The fourth-order valence-electron chi connectivity index (χ4n) is 4.11. The number of fused-ring (bicyclic) bond motifs is 2. The molecular formula is C19H28N2O4S. The van der Waals surface area contributed by atoms with E-state index in [9.17, 15) is 13.2 Å². The van der Waals surface area contributed by atoms with Crippen molar-refractivity contribution in [2.75, 3.05) is 17.6 Å². The van der Waals surface area contributed by atoms with Gasteiger partial charge < -0.3 is 10.1 Å². The van der Waals surface area contributed by atoms with Gasteiger partial charge in [-0.1, -0.05) is 13.3 Å². The predicted octanol–water partition coefficient (Wildman–Crippen LogP) is 2.54. The zero-order chi connectivity index (χ0) is 18.9. The number of benzene rings is 1. The summed E-state index contributed by atoms with van der Waals surface area (Å²) in [4.78, 5) is 12.6. The molecule has 0 spiro atoms. The number of ether oxygens (including phenoxy) is 1. The first-order valence-corrected chi connectivity index (χ1v) is 11.1. The summed E-state index contributed by atoms with van der Waals surface area (Å²) >= 11 is 0. The Hall–Kier alpha value is -1.76. The monoisotopic (exact) mass is 380 g/mol. The molecule has 0 saturated heterocycles. The number of hydrogen-bond acceptors (Lipinski definition) is 4. The Bertz CT molecular complexity index is 747. The second-order valence-electron chi connectivity index (χ2n) is 7.53. The minimum Gasteiger partial charge on any atom is -0.481 e. The standard InChI is InChI=1S/C19H28N2O4S/c1-4-18(19(22)20-17-12-13-5-6-14(17)11-13)25-16-9-7-15(8-10-16)21(2)26(3,23)24/h7-10,13-14,17-18H,4-6,11-12H2,1-3H3,(H,20,22)/t13-,14-,17+,18-/m0/s1. The van der Waals surface area contributed by atoms with Gasteiger partial charge in [0, 0.05) is 13.1 Å². The lowest BCUT2D eigenvalue weighted by molar-refractivity contribution is -0.129. The summed E-state index contributed by atoms with van der Waals surface area (Å²) in [6, 6.07) is 7.05. The Kier molecular flexibility index (Phi) is 5.46. The van der Waals surface area contributed by atoms with Crippen molar-refractivity contribution in [1.82, 2.24) is 5.32 Å². The molecule has 2 fully saturated rings. The number of carbonyl (C=O) groups is 1. The van der Waals surface area contributed by atoms with E-state index in [0.717, 1.165) is 18.6 Å². The fourth-order valence-corrected chi connectivity index (χ4v) is 4.61. The van der Waals surface area contributed by atoms with Gasteiger partial charge in [0.1, 0.15) is 5.75 Å². The maximum absolute atomic E-state index is 12.6. The number of hydrogen-bond donors (Lipinski definition) is 1. The van der Waals surface area contributed by atoms with Crippen LogP contribution < -0.4 is 14.4 Å². The first-order valence-electron chi connectivity index (χ1n) is 9.29. The van der Waals surface area contributed by atoms with Gasteiger partial charge in [-0.05, 0) is 61.8 Å². The van der Waals surface area contributed by atoms with E-state index in [2.05, 4.69) is 5.32 Å². The molecule has 1 aromatic carbocycles. The van der Waals surface area contributed by atoms with Crippen LogP contribution in [-0.2, 0) is 14.8 Å². The van der Waals surface area contributed by atoms with Crippen molar-refractivity contribution >= 4 is 21.6 Å². The topological polar surface area (TPSA) is 75.7 Å². The number of anilines is 1. The van der Waals surface area contributed by atoms with Gasteiger partial charge in [-0.3, -0.25) is 9.10 Å². The van der Waals surface area contributed by atoms with E-state index in [1.807, 2.05) is 6.92 Å². The zero-order valence-electron chi connectivity index (χ0n) is 15.6. The predicted molar refractivity (Wildman–Crippen MR) is 102 cm³/mol. The minimum absolute atomic E-state index is 0.0534. The number of amides is 1. The molecule has 0 unspecified atom stereocenters. The molecule has 1 amide bonds. The van der Waals surface area contributed by atoms with E-state index in [-0.39, 0.29) is 5.91 Å². The molecule has 1 aromatic rings. The van der Waals surface area contributed by atoms with Gasteiger partial charge in [0.25, 0.3) is 5.91 Å². The largest absolute Gasteiger partial charge is 0.481 e. The van der Waals surface area contributed by atoms with Gasteiger partial charge in [0.2, 0.25) is 10.0 Å². The normalized spacial score (nSPS) is 25.7. The third kappa shape index (κ3) is 4.14. The highest BCUT2D eigenvalue weighted by molar-refractivity contribution is 7.92. The van der Waals surface area contributed by atoms with Crippen molar-refractivity contribution in [3.63, 3.8) is 0 Å². The summed E-state index contributed by atoms with van der Waals surface area (Å²) in [7, 11) is -1.80. The molecule has 2 aliphatic carbocycles. The molecule has 3 rings (SSSR count). The smallest absolute Gasteiger partial charge is 0.261 e. The SMILES string of the molecule is CC[C@H](Oc1ccc(N(C)S(C)(=O)=O)cc1)C(=O)N[C@@H]1C[C@H]2CC[C@H]1C2. The van der Waals surface area contributed by atoms with Crippen LogP contribution in [0.2, 0.25) is 0 Å². The summed E-state index contributed by atoms with van der Waals surface area (Å²) in [5.41, 5.74) is 0.555. The van der Waals surface area contributed by atoms with Crippen LogP contribution >= 0.6 is 0 Å². The van der Waals surface area contributed by atoms with Gasteiger partial charge in [-0.15, -0.1) is 0 Å². The van der Waals surface area contributed by atoms with E-state index in [1.165, 1.54) is 30.6 Å². The van der Waals surface area contributed by atoms with Crippen molar-refractivity contribution in [3.05, 3.63) is 24.3 Å². The van der Waals surface area contributed by atoms with E-state index in [4.69, 9.17) is 4.74 Å². The van der Waals surface area contributed by atoms with Gasteiger partial charge in [-0.2, -0.15) is 0 Å². The number of sulfonamides is 1. The molecule has 2 saturated carbocycles. The number of carbonyl (C=O) groups excluding carboxylic acids is 1. The molecule has 0 aromatic heterocycles. The highest BCUT2D eigenvalue weighted by Gasteiger charge is 2.40. The summed E-state index contributed by atoms with van der Waals surface area (Å²) < 4.78 is 30.2. The Morgan fingerprint density at radius 3 is 2.46 bits per heavy atom. The molecule has 0 aliphatic heterocycles. The molecule has 6 nitrogen and oxygen atoms in total. The van der Waals surface area contributed by atoms with Crippen LogP contribution in [0.25, 0.3) is 0 Å². The van der Waals surface area contributed by atoms with Crippen molar-refractivity contribution in [3.8, 4) is 5.75 Å². The molecule has 2 bridgehead atoms. The number of nitrogens with one attached hydrogen (secondary N) is 1. The van der Waals surface area contributed by atoms with Gasteiger partial charge in [0.15, 0.2) is 6.10 Å². The summed E-state index contributed by atoms with van der Waals surface area (Å²) in [6.45, 7) is 1.93. The highest BCUT2D eigenvalue weighted by Crippen LogP contribution is 2.44. The lowest BCUT2D eigenvalue weighted by atomic mass is 9.95. The van der Waals surface area contributed by atoms with Crippen LogP contribution in [0.3, 0.4) is 0 Å². The van der Waals surface area contributed by atoms with Gasteiger partial charge in [-0.25, -0.2) is 8.42 Å². The third-order valence-corrected chi connectivity index (χ3v) is 6.91. The van der Waals surface area contributed by atoms with Crippen molar-refractivity contribution in [1.29, 1.82) is 0 Å². The molecular weight excluding hydrogens is 352 g/mol. The lowest BCUT2D eigenvalue weighted by Crippen LogP contribution is -2.45. The van der Waals surface area contributed by atoms with Crippen LogP contribution in [0.5, 0.6) is 5.75 Å².